The van der Waals surface area contributed by atoms with Gasteiger partial charge in [-0.05, 0) is 49.3 Å². The largest absolute Gasteiger partial charge is 0.469 e. The van der Waals surface area contributed by atoms with E-state index >= 15 is 0 Å². The van der Waals surface area contributed by atoms with Crippen LogP contribution in [0.5, 0.6) is 0 Å². The predicted octanol–water partition coefficient (Wildman–Crippen LogP) is 3.89. The maximum atomic E-state index is 14.1. The minimum absolute atomic E-state index is 0.0225. The molecule has 3 N–H and O–H groups in total. The molecule has 13 nitrogen and oxygen atoms in total. The zero-order valence-electron chi connectivity index (χ0n) is 26.2. The van der Waals surface area contributed by atoms with E-state index in [0.29, 0.717) is 25.0 Å². The number of phosphoric ester groups is 1. The summed E-state index contributed by atoms with van der Waals surface area (Å²) < 4.78 is 63.7. The van der Waals surface area contributed by atoms with E-state index in [4.69, 9.17) is 18.7 Å². The first kappa shape index (κ1) is 36.0. The molecule has 2 aromatic carbocycles. The van der Waals surface area contributed by atoms with E-state index in [1.54, 1.807) is 42.5 Å². The molecule has 0 aliphatic carbocycles. The molecule has 2 aromatic rings. The van der Waals surface area contributed by atoms with Crippen molar-refractivity contribution in [1.29, 1.82) is 5.26 Å². The number of benzene rings is 2. The fraction of sp³-hybridized carbons (Fsp3) is 0.548. The summed E-state index contributed by atoms with van der Waals surface area (Å²) in [5.74, 6) is -0.147. The van der Waals surface area contributed by atoms with Gasteiger partial charge in [-0.1, -0.05) is 61.9 Å². The number of sulfonamides is 1. The molecule has 1 amide bonds. The van der Waals surface area contributed by atoms with E-state index in [1.165, 1.54) is 12.1 Å². The molecule has 0 bridgehead atoms. The Morgan fingerprint density at radius 3 is 2.52 bits per heavy atom. The van der Waals surface area contributed by atoms with Crippen LogP contribution in [-0.2, 0) is 39.7 Å². The van der Waals surface area contributed by atoms with Gasteiger partial charge >= 0.3 is 13.9 Å². The van der Waals surface area contributed by atoms with Gasteiger partial charge in [0.05, 0.1) is 36.1 Å². The number of fused-ring (bicyclic) bond motifs is 1. The Hall–Kier alpha value is -2.86. The minimum atomic E-state index is -5.22. The van der Waals surface area contributed by atoms with E-state index in [0.717, 1.165) is 9.87 Å². The summed E-state index contributed by atoms with van der Waals surface area (Å²) >= 11 is 0. The third-order valence-electron chi connectivity index (χ3n) is 8.13. The lowest BCUT2D eigenvalue weighted by molar-refractivity contribution is -0.0907. The van der Waals surface area contributed by atoms with Crippen molar-refractivity contribution in [3.8, 4) is 6.07 Å². The van der Waals surface area contributed by atoms with Crippen molar-refractivity contribution in [2.75, 3.05) is 26.3 Å². The van der Waals surface area contributed by atoms with Gasteiger partial charge in [0, 0.05) is 19.5 Å². The lowest BCUT2D eigenvalue weighted by Crippen LogP contribution is -2.53. The van der Waals surface area contributed by atoms with Crippen LogP contribution in [0.25, 0.3) is 0 Å². The van der Waals surface area contributed by atoms with Gasteiger partial charge < -0.3 is 29.3 Å². The molecule has 5 atom stereocenters. The average molecular weight is 680 g/mol. The highest BCUT2D eigenvalue weighted by atomic mass is 32.2. The highest BCUT2D eigenvalue weighted by molar-refractivity contribution is 7.89. The molecule has 15 heteroatoms. The van der Waals surface area contributed by atoms with E-state index in [-0.39, 0.29) is 36.8 Å². The van der Waals surface area contributed by atoms with Gasteiger partial charge in [-0.2, -0.15) is 9.57 Å². The molecule has 2 saturated heterocycles. The monoisotopic (exact) mass is 679 g/mol. The van der Waals surface area contributed by atoms with Gasteiger partial charge in [0.15, 0.2) is 6.29 Å². The number of carbonyl (C=O) groups excluding carboxylic acids is 1. The average Bonchev–Trinajstić information content (AvgIpc) is 3.60. The molecule has 0 saturated carbocycles. The number of nitrogens with one attached hydrogen (secondary N) is 1. The number of alkyl carbamates (subject to hydrolysis) is 1. The number of carbonyl (C=O) groups is 1. The molecule has 252 valence electrons. The first-order chi connectivity index (χ1) is 21.7. The SMILES string of the molecule is Cc1ccc(S(=O)(=O)N(CC(OP(=O)(O)O)[C@H](Cc2ccccc2)NC(=O)OC2COC3OCCC23)CC(C)(C)CCC#N)cc1. The fourth-order valence-corrected chi connectivity index (χ4v) is 7.89. The Morgan fingerprint density at radius 2 is 1.87 bits per heavy atom. The van der Waals surface area contributed by atoms with Crippen LogP contribution in [0.1, 0.15) is 44.2 Å². The van der Waals surface area contributed by atoms with Crippen LogP contribution in [0, 0.1) is 29.6 Å². The topological polar surface area (TPSA) is 185 Å². The molecule has 0 spiro atoms. The van der Waals surface area contributed by atoms with E-state index < -0.39 is 60.4 Å². The van der Waals surface area contributed by atoms with Gasteiger partial charge in [0.2, 0.25) is 10.0 Å². The van der Waals surface area contributed by atoms with E-state index in [2.05, 4.69) is 11.4 Å². The van der Waals surface area contributed by atoms with Gasteiger partial charge in [-0.25, -0.2) is 17.8 Å². The third-order valence-corrected chi connectivity index (χ3v) is 10.5. The normalized spacial score (nSPS) is 21.4. The Morgan fingerprint density at radius 1 is 1.17 bits per heavy atom. The third kappa shape index (κ3) is 10.1. The summed E-state index contributed by atoms with van der Waals surface area (Å²) in [5, 5.41) is 11.9. The Bertz CT molecular complexity index is 1510. The maximum Gasteiger partial charge on any atom is 0.469 e. The number of nitriles is 1. The predicted molar refractivity (Wildman–Crippen MR) is 167 cm³/mol. The van der Waals surface area contributed by atoms with Gasteiger partial charge in [-0.3, -0.25) is 4.52 Å². The molecule has 4 unspecified atom stereocenters. The highest BCUT2D eigenvalue weighted by Crippen LogP contribution is 2.40. The van der Waals surface area contributed by atoms with Crippen molar-refractivity contribution in [2.45, 2.75) is 75.9 Å². The number of phosphoric acid groups is 1. The zero-order valence-corrected chi connectivity index (χ0v) is 27.9. The Labute approximate surface area is 270 Å². The minimum Gasteiger partial charge on any atom is -0.443 e. The van der Waals surface area contributed by atoms with Gasteiger partial charge in [-0.15, -0.1) is 0 Å². The first-order valence-electron chi connectivity index (χ1n) is 15.1. The summed E-state index contributed by atoms with van der Waals surface area (Å²) in [5.41, 5.74) is 0.836. The number of amides is 1. The molecule has 46 heavy (non-hydrogen) atoms. The van der Waals surface area contributed by atoms with Crippen LogP contribution < -0.4 is 5.32 Å². The van der Waals surface area contributed by atoms with Crippen molar-refractivity contribution >= 4 is 23.9 Å². The lowest BCUT2D eigenvalue weighted by Gasteiger charge is -2.36. The number of nitrogens with zero attached hydrogens (tertiary/aromatic N) is 2. The molecule has 4 rings (SSSR count). The number of aryl methyl sites for hydroxylation is 1. The summed E-state index contributed by atoms with van der Waals surface area (Å²) in [7, 11) is -9.46. The molecule has 0 radical (unpaired) electrons. The summed E-state index contributed by atoms with van der Waals surface area (Å²) in [6, 6.07) is 16.0. The first-order valence-corrected chi connectivity index (χ1v) is 18.1. The molecule has 2 fully saturated rings. The summed E-state index contributed by atoms with van der Waals surface area (Å²) in [4.78, 5) is 33.3. The molecule has 2 aliphatic heterocycles. The van der Waals surface area contributed by atoms with Crippen LogP contribution >= 0.6 is 7.82 Å². The second-order valence-electron chi connectivity index (χ2n) is 12.5. The highest BCUT2D eigenvalue weighted by Gasteiger charge is 2.44. The quantitative estimate of drug-likeness (QED) is 0.232. The number of ether oxygens (including phenoxy) is 3. The fourth-order valence-electron chi connectivity index (χ4n) is 5.68. The number of rotatable bonds is 15. The molecule has 2 aliphatic rings. The van der Waals surface area contributed by atoms with Crippen molar-refractivity contribution < 1.29 is 46.3 Å². The van der Waals surface area contributed by atoms with Crippen molar-refractivity contribution in [3.05, 3.63) is 65.7 Å². The molecule has 2 heterocycles. The van der Waals surface area contributed by atoms with Crippen LogP contribution in [0.2, 0.25) is 0 Å². The number of hydrogen-bond donors (Lipinski definition) is 3. The van der Waals surface area contributed by atoms with Crippen LogP contribution in [0.3, 0.4) is 0 Å². The van der Waals surface area contributed by atoms with E-state index in [9.17, 15) is 32.8 Å². The summed E-state index contributed by atoms with van der Waals surface area (Å²) in [6.45, 7) is 5.41. The van der Waals surface area contributed by atoms with Gasteiger partial charge in [0.25, 0.3) is 0 Å². The second kappa shape index (κ2) is 15.4. The smallest absolute Gasteiger partial charge is 0.443 e. The van der Waals surface area contributed by atoms with Crippen LogP contribution in [0.15, 0.2) is 59.5 Å². The standard InChI is InChI=1S/C31H42N3O10PS/c1-22-10-12-24(13-11-22)46(39,40)34(21-31(2,3)15-7-16-32)19-27(44-45(36,37)38)26(18-23-8-5-4-6-9-23)33-30(35)43-28-20-42-29-25(28)14-17-41-29/h4-6,8-13,25-29H,7,14-15,17-21H2,1-3H3,(H,33,35)(H2,36,37,38)/t25?,26-,27?,28?,29?/m0/s1. The van der Waals surface area contributed by atoms with Crippen molar-refractivity contribution in [1.82, 2.24) is 9.62 Å². The number of hydrogen-bond acceptors (Lipinski definition) is 9. The van der Waals surface area contributed by atoms with Crippen molar-refractivity contribution in [3.63, 3.8) is 0 Å². The Balaban J connectivity index is 1.68. The Kier molecular flexibility index (Phi) is 12.0. The lowest BCUT2D eigenvalue weighted by atomic mass is 9.88. The molecular formula is C31H42N3O10PS. The van der Waals surface area contributed by atoms with Crippen LogP contribution in [0.4, 0.5) is 4.79 Å². The second-order valence-corrected chi connectivity index (χ2v) is 15.6. The van der Waals surface area contributed by atoms with Gasteiger partial charge in [0.1, 0.15) is 12.2 Å². The molecule has 0 aromatic heterocycles. The van der Waals surface area contributed by atoms with Crippen LogP contribution in [-0.4, -0.2) is 79.4 Å². The van der Waals surface area contributed by atoms with Crippen molar-refractivity contribution in [2.24, 2.45) is 11.3 Å². The zero-order chi connectivity index (χ0) is 33.5. The molecular weight excluding hydrogens is 637 g/mol. The van der Waals surface area contributed by atoms with E-state index in [1.807, 2.05) is 20.8 Å². The maximum absolute atomic E-state index is 14.1. The summed E-state index contributed by atoms with van der Waals surface area (Å²) in [6.07, 6.45) is -2.23.